The van der Waals surface area contributed by atoms with Crippen molar-refractivity contribution in [2.24, 2.45) is 0 Å². The number of aryl methyl sites for hydroxylation is 2. The second kappa shape index (κ2) is 11.4. The molecule has 3 aromatic carbocycles. The van der Waals surface area contributed by atoms with Gasteiger partial charge in [0.2, 0.25) is 0 Å². The summed E-state index contributed by atoms with van der Waals surface area (Å²) < 4.78 is 117. The highest BCUT2D eigenvalue weighted by Gasteiger charge is 2.37. The summed E-state index contributed by atoms with van der Waals surface area (Å²) in [6, 6.07) is 11.4. The van der Waals surface area contributed by atoms with Crippen LogP contribution in [0.1, 0.15) is 28.5 Å². The summed E-state index contributed by atoms with van der Waals surface area (Å²) in [6.45, 7) is 2.01. The van der Waals surface area contributed by atoms with Gasteiger partial charge in [0.1, 0.15) is 23.6 Å². The minimum atomic E-state index is -4.78. The molecule has 5 rings (SSSR count). The van der Waals surface area contributed by atoms with Gasteiger partial charge in [-0.15, -0.1) is 0 Å². The normalized spacial score (nSPS) is 13.0. The van der Waals surface area contributed by atoms with Gasteiger partial charge in [0.15, 0.2) is 22.2 Å². The second-order valence-electron chi connectivity index (χ2n) is 9.77. The number of aliphatic hydroxyl groups excluding tert-OH is 1. The van der Waals surface area contributed by atoms with Crippen LogP contribution in [0.5, 0.6) is 0 Å². The number of rotatable bonds is 6. The third-order valence-electron chi connectivity index (χ3n) is 6.85. The topological polar surface area (TPSA) is 87.1 Å². The minimum absolute atomic E-state index is 0.0173. The zero-order valence-corrected chi connectivity index (χ0v) is 24.0. The van der Waals surface area contributed by atoms with Crippen molar-refractivity contribution in [1.29, 1.82) is 0 Å². The number of oxazole rings is 1. The molecular formula is C30H22F7N3O3S. The summed E-state index contributed by atoms with van der Waals surface area (Å²) in [5.41, 5.74) is -2.40. The first-order valence-electron chi connectivity index (χ1n) is 12.8. The van der Waals surface area contributed by atoms with Crippen LogP contribution in [0, 0.1) is 19.7 Å². The van der Waals surface area contributed by atoms with Gasteiger partial charge in [-0.25, -0.2) is 14.4 Å². The number of aliphatic hydroxyl groups is 1. The summed E-state index contributed by atoms with van der Waals surface area (Å²) in [4.78, 5) is 7.83. The molecule has 230 valence electrons. The SMILES string of the molecule is Cc1nc(-c2ccccc2C(F)(F)F)c(-c2cc(-c3cc(F)c(CO)c([S+](C)[O-])c3)ccc2-n2cc(C(F)(F)F)nc2C)o1. The largest absolute Gasteiger partial charge is 0.612 e. The maximum absolute atomic E-state index is 15.0. The molecule has 0 fully saturated rings. The number of halogens is 7. The lowest BCUT2D eigenvalue weighted by Crippen LogP contribution is -2.07. The first-order valence-corrected chi connectivity index (χ1v) is 14.3. The summed E-state index contributed by atoms with van der Waals surface area (Å²) in [6.07, 6.45) is -7.51. The summed E-state index contributed by atoms with van der Waals surface area (Å²) in [7, 11) is 0. The highest BCUT2D eigenvalue weighted by Crippen LogP contribution is 2.44. The molecule has 1 unspecified atom stereocenters. The standard InChI is InChI=1S/C30H22F7N3O3S/c1-15-38-26(30(35,36)37)13-40(15)24-9-8-17(18-11-23(31)21(14-41)25(12-18)44(3)42)10-20(24)28-27(39-16(2)43-28)19-6-4-5-7-22(19)29(32,33)34/h4-13,41H,14H2,1-3H3. The fourth-order valence-electron chi connectivity index (χ4n) is 4.88. The quantitative estimate of drug-likeness (QED) is 0.151. The number of nitrogens with zero attached hydrogens (tertiary/aromatic N) is 3. The van der Waals surface area contributed by atoms with Gasteiger partial charge in [-0.05, 0) is 53.5 Å². The number of alkyl halides is 6. The van der Waals surface area contributed by atoms with Crippen molar-refractivity contribution in [2.75, 3.05) is 6.26 Å². The van der Waals surface area contributed by atoms with E-state index in [1.165, 1.54) is 62.6 Å². The average Bonchev–Trinajstić information content (AvgIpc) is 3.54. The molecule has 1 N–H and O–H groups in total. The van der Waals surface area contributed by atoms with E-state index in [1.54, 1.807) is 0 Å². The Morgan fingerprint density at radius 3 is 2.23 bits per heavy atom. The monoisotopic (exact) mass is 637 g/mol. The third kappa shape index (κ3) is 5.84. The molecule has 0 bridgehead atoms. The van der Waals surface area contributed by atoms with Crippen molar-refractivity contribution in [3.8, 4) is 39.4 Å². The Hall–Kier alpha value is -4.14. The van der Waals surface area contributed by atoms with Crippen LogP contribution in [-0.2, 0) is 30.1 Å². The Morgan fingerprint density at radius 2 is 1.61 bits per heavy atom. The van der Waals surface area contributed by atoms with Crippen LogP contribution in [0.4, 0.5) is 30.7 Å². The van der Waals surface area contributed by atoms with Gasteiger partial charge in [-0.2, -0.15) is 26.3 Å². The van der Waals surface area contributed by atoms with Gasteiger partial charge in [0.05, 0.1) is 23.4 Å². The fourth-order valence-corrected chi connectivity index (χ4v) is 5.68. The zero-order chi connectivity index (χ0) is 32.1. The Morgan fingerprint density at radius 1 is 0.909 bits per heavy atom. The molecule has 0 radical (unpaired) electrons. The van der Waals surface area contributed by atoms with Gasteiger partial charge < -0.3 is 18.6 Å². The second-order valence-corrected chi connectivity index (χ2v) is 11.1. The van der Waals surface area contributed by atoms with Crippen LogP contribution >= 0.6 is 0 Å². The number of imidazole rings is 1. The zero-order valence-electron chi connectivity index (χ0n) is 23.1. The molecule has 44 heavy (non-hydrogen) atoms. The maximum atomic E-state index is 15.0. The summed E-state index contributed by atoms with van der Waals surface area (Å²) in [5, 5.41) is 9.61. The van der Waals surface area contributed by atoms with E-state index in [4.69, 9.17) is 4.42 Å². The molecule has 0 aliphatic rings. The highest BCUT2D eigenvalue weighted by molar-refractivity contribution is 7.90. The molecule has 0 spiro atoms. The summed E-state index contributed by atoms with van der Waals surface area (Å²) >= 11 is -1.71. The molecule has 0 saturated heterocycles. The van der Waals surface area contributed by atoms with Crippen molar-refractivity contribution in [2.45, 2.75) is 37.7 Å². The van der Waals surface area contributed by atoms with E-state index in [-0.39, 0.29) is 61.6 Å². The number of hydrogen-bond acceptors (Lipinski definition) is 5. The van der Waals surface area contributed by atoms with Gasteiger partial charge in [-0.3, -0.25) is 0 Å². The summed E-state index contributed by atoms with van der Waals surface area (Å²) in [5.74, 6) is -1.15. The molecule has 0 aliphatic carbocycles. The van der Waals surface area contributed by atoms with Gasteiger partial charge in [0.25, 0.3) is 0 Å². The first-order chi connectivity index (χ1) is 20.6. The number of aromatic nitrogens is 3. The Balaban J connectivity index is 1.82. The minimum Gasteiger partial charge on any atom is -0.612 e. The fraction of sp³-hybridized carbons (Fsp3) is 0.200. The number of hydrogen-bond donors (Lipinski definition) is 1. The van der Waals surface area contributed by atoms with E-state index >= 15 is 0 Å². The lowest BCUT2D eigenvalue weighted by atomic mass is 9.96. The Kier molecular flexibility index (Phi) is 8.12. The van der Waals surface area contributed by atoms with Crippen molar-refractivity contribution in [3.63, 3.8) is 0 Å². The molecule has 1 atom stereocenters. The van der Waals surface area contributed by atoms with Crippen LogP contribution < -0.4 is 0 Å². The molecule has 2 heterocycles. The van der Waals surface area contributed by atoms with Gasteiger partial charge in [0, 0.05) is 30.3 Å². The Bertz CT molecular complexity index is 1860. The first kappa shape index (κ1) is 31.3. The van der Waals surface area contributed by atoms with E-state index in [1.807, 2.05) is 0 Å². The van der Waals surface area contributed by atoms with E-state index in [0.29, 0.717) is 0 Å². The number of benzene rings is 3. The molecular weight excluding hydrogens is 615 g/mol. The lowest BCUT2D eigenvalue weighted by Gasteiger charge is -2.16. The molecule has 14 heteroatoms. The van der Waals surface area contributed by atoms with E-state index in [0.717, 1.165) is 22.9 Å². The van der Waals surface area contributed by atoms with Gasteiger partial charge >= 0.3 is 12.4 Å². The van der Waals surface area contributed by atoms with Crippen LogP contribution in [0.3, 0.4) is 0 Å². The van der Waals surface area contributed by atoms with Crippen molar-refractivity contribution >= 4 is 11.2 Å². The van der Waals surface area contributed by atoms with E-state index < -0.39 is 47.2 Å². The molecule has 5 aromatic rings. The third-order valence-corrected chi connectivity index (χ3v) is 7.83. The van der Waals surface area contributed by atoms with Crippen LogP contribution in [0.15, 0.2) is 70.1 Å². The molecule has 0 saturated carbocycles. The highest BCUT2D eigenvalue weighted by atomic mass is 32.2. The van der Waals surface area contributed by atoms with Crippen molar-refractivity contribution in [3.05, 3.63) is 95.1 Å². The van der Waals surface area contributed by atoms with Crippen LogP contribution in [0.25, 0.3) is 39.4 Å². The maximum Gasteiger partial charge on any atom is 0.434 e. The van der Waals surface area contributed by atoms with E-state index in [9.17, 15) is 40.4 Å². The smallest absolute Gasteiger partial charge is 0.434 e. The van der Waals surface area contributed by atoms with Crippen molar-refractivity contribution in [1.82, 2.24) is 14.5 Å². The predicted octanol–water partition coefficient (Wildman–Crippen LogP) is 7.88. The van der Waals surface area contributed by atoms with E-state index in [2.05, 4.69) is 9.97 Å². The van der Waals surface area contributed by atoms with Crippen LogP contribution in [0.2, 0.25) is 0 Å². The van der Waals surface area contributed by atoms with Gasteiger partial charge in [-0.1, -0.05) is 24.3 Å². The average molecular weight is 638 g/mol. The predicted molar refractivity (Wildman–Crippen MR) is 148 cm³/mol. The van der Waals surface area contributed by atoms with Crippen LogP contribution in [-0.4, -0.2) is 30.5 Å². The molecule has 6 nitrogen and oxygen atoms in total. The molecule has 0 amide bonds. The Labute approximate surface area is 249 Å². The van der Waals surface area contributed by atoms with Crippen molar-refractivity contribution < 1.29 is 44.8 Å². The molecule has 2 aromatic heterocycles. The molecule has 0 aliphatic heterocycles. The lowest BCUT2D eigenvalue weighted by molar-refractivity contribution is -0.141.